The lowest BCUT2D eigenvalue weighted by Crippen LogP contribution is -2.29. The summed E-state index contributed by atoms with van der Waals surface area (Å²) in [4.78, 5) is 0.247. The smallest absolute Gasteiger partial charge is 0.243 e. The second-order valence-electron chi connectivity index (χ2n) is 4.77. The predicted octanol–water partition coefficient (Wildman–Crippen LogP) is 1.67. The van der Waals surface area contributed by atoms with Crippen LogP contribution in [0.15, 0.2) is 29.2 Å². The fourth-order valence-corrected chi connectivity index (χ4v) is 3.68. The average Bonchev–Trinajstić information content (AvgIpc) is 2.60. The maximum atomic E-state index is 12.3. The highest BCUT2D eigenvalue weighted by Gasteiger charge is 2.34. The number of rotatable bonds is 2. The largest absolute Gasteiger partial charge is 0.508 e. The van der Waals surface area contributed by atoms with Crippen molar-refractivity contribution in [2.45, 2.75) is 18.7 Å². The third kappa shape index (κ3) is 2.30. The van der Waals surface area contributed by atoms with Gasteiger partial charge in [-0.05, 0) is 36.1 Å². The molecule has 2 atom stereocenters. The van der Waals surface area contributed by atoms with Gasteiger partial charge in [-0.15, -0.1) is 0 Å². The molecular weight excluding hydrogens is 238 g/mol. The van der Waals surface area contributed by atoms with Gasteiger partial charge in [0.15, 0.2) is 0 Å². The highest BCUT2D eigenvalue weighted by Crippen LogP contribution is 2.28. The molecule has 0 amide bonds. The van der Waals surface area contributed by atoms with Crippen LogP contribution in [0.25, 0.3) is 0 Å². The van der Waals surface area contributed by atoms with Crippen LogP contribution >= 0.6 is 0 Å². The molecule has 1 heterocycles. The average molecular weight is 255 g/mol. The Morgan fingerprint density at radius 2 is 1.59 bits per heavy atom. The van der Waals surface area contributed by atoms with Crippen molar-refractivity contribution < 1.29 is 13.5 Å². The van der Waals surface area contributed by atoms with E-state index >= 15 is 0 Å². The first-order chi connectivity index (χ1) is 7.91. The molecule has 17 heavy (non-hydrogen) atoms. The maximum absolute atomic E-state index is 12.3. The number of hydrogen-bond donors (Lipinski definition) is 1. The highest BCUT2D eigenvalue weighted by atomic mass is 32.2. The monoisotopic (exact) mass is 255 g/mol. The number of hydrogen-bond acceptors (Lipinski definition) is 3. The van der Waals surface area contributed by atoms with Crippen LogP contribution in [-0.2, 0) is 10.0 Å². The van der Waals surface area contributed by atoms with Crippen LogP contribution in [-0.4, -0.2) is 30.9 Å². The van der Waals surface area contributed by atoms with E-state index in [2.05, 4.69) is 13.8 Å². The number of nitrogens with zero attached hydrogens (tertiary/aromatic N) is 1. The van der Waals surface area contributed by atoms with Crippen LogP contribution in [0.1, 0.15) is 13.8 Å². The Morgan fingerprint density at radius 1 is 1.12 bits per heavy atom. The summed E-state index contributed by atoms with van der Waals surface area (Å²) in [5.41, 5.74) is 0. The van der Waals surface area contributed by atoms with Crippen LogP contribution in [0, 0.1) is 11.8 Å². The molecule has 4 nitrogen and oxygen atoms in total. The molecule has 1 N–H and O–H groups in total. The summed E-state index contributed by atoms with van der Waals surface area (Å²) in [6.07, 6.45) is 0. The number of aromatic hydroxyl groups is 1. The van der Waals surface area contributed by atoms with E-state index in [1.54, 1.807) is 0 Å². The first-order valence-electron chi connectivity index (χ1n) is 5.70. The van der Waals surface area contributed by atoms with Gasteiger partial charge in [0.25, 0.3) is 0 Å². The second-order valence-corrected chi connectivity index (χ2v) is 6.71. The summed E-state index contributed by atoms with van der Waals surface area (Å²) in [7, 11) is -3.40. The van der Waals surface area contributed by atoms with Crippen molar-refractivity contribution in [3.63, 3.8) is 0 Å². The minimum absolute atomic E-state index is 0.0760. The van der Waals surface area contributed by atoms with E-state index in [0.29, 0.717) is 24.9 Å². The lowest BCUT2D eigenvalue weighted by atomic mass is 10.0. The topological polar surface area (TPSA) is 57.6 Å². The molecule has 1 aliphatic rings. The van der Waals surface area contributed by atoms with E-state index < -0.39 is 10.0 Å². The van der Waals surface area contributed by atoms with Crippen molar-refractivity contribution in [1.29, 1.82) is 0 Å². The minimum Gasteiger partial charge on any atom is -0.508 e. The summed E-state index contributed by atoms with van der Waals surface area (Å²) < 4.78 is 26.1. The van der Waals surface area contributed by atoms with Crippen LogP contribution in [0.3, 0.4) is 0 Å². The molecule has 1 aliphatic heterocycles. The Balaban J connectivity index is 2.28. The molecule has 1 aromatic rings. The van der Waals surface area contributed by atoms with Gasteiger partial charge in [0.2, 0.25) is 10.0 Å². The molecule has 5 heteroatoms. The van der Waals surface area contributed by atoms with Gasteiger partial charge in [-0.1, -0.05) is 13.8 Å². The number of phenols is 1. The fourth-order valence-electron chi connectivity index (χ4n) is 2.04. The second kappa shape index (κ2) is 4.31. The Hall–Kier alpha value is -1.07. The molecular formula is C12H17NO3S. The zero-order valence-electron chi connectivity index (χ0n) is 10.00. The molecule has 0 aromatic heterocycles. The molecule has 2 rings (SSSR count). The Morgan fingerprint density at radius 3 is 2.06 bits per heavy atom. The van der Waals surface area contributed by atoms with Gasteiger partial charge in [0.05, 0.1) is 4.90 Å². The van der Waals surface area contributed by atoms with Crippen molar-refractivity contribution in [2.75, 3.05) is 13.1 Å². The van der Waals surface area contributed by atoms with Gasteiger partial charge in [-0.3, -0.25) is 0 Å². The van der Waals surface area contributed by atoms with Crippen LogP contribution < -0.4 is 0 Å². The van der Waals surface area contributed by atoms with Gasteiger partial charge >= 0.3 is 0 Å². The van der Waals surface area contributed by atoms with Crippen molar-refractivity contribution in [3.8, 4) is 5.75 Å². The van der Waals surface area contributed by atoms with Gasteiger partial charge < -0.3 is 5.11 Å². The summed E-state index contributed by atoms with van der Waals surface area (Å²) in [6.45, 7) is 5.28. The van der Waals surface area contributed by atoms with E-state index in [9.17, 15) is 8.42 Å². The Bertz CT molecular complexity index is 485. The molecule has 2 unspecified atom stereocenters. The SMILES string of the molecule is CC1CN(S(=O)(=O)c2ccc(O)cc2)CC1C. The Labute approximate surface area is 102 Å². The highest BCUT2D eigenvalue weighted by molar-refractivity contribution is 7.89. The van der Waals surface area contributed by atoms with E-state index in [4.69, 9.17) is 5.11 Å². The molecule has 0 aliphatic carbocycles. The van der Waals surface area contributed by atoms with Crippen molar-refractivity contribution >= 4 is 10.0 Å². The number of phenolic OH excluding ortho intramolecular Hbond substituents is 1. The maximum Gasteiger partial charge on any atom is 0.243 e. The third-order valence-corrected chi connectivity index (χ3v) is 5.28. The molecule has 0 saturated carbocycles. The summed E-state index contributed by atoms with van der Waals surface area (Å²) in [5.74, 6) is 0.857. The Kier molecular flexibility index (Phi) is 3.14. The van der Waals surface area contributed by atoms with Gasteiger partial charge in [0, 0.05) is 13.1 Å². The fraction of sp³-hybridized carbons (Fsp3) is 0.500. The van der Waals surface area contributed by atoms with E-state index in [1.807, 2.05) is 0 Å². The summed E-state index contributed by atoms with van der Waals surface area (Å²) in [5, 5.41) is 9.16. The first kappa shape index (κ1) is 12.4. The minimum atomic E-state index is -3.40. The van der Waals surface area contributed by atoms with Crippen molar-refractivity contribution in [1.82, 2.24) is 4.31 Å². The van der Waals surface area contributed by atoms with Crippen molar-refractivity contribution in [2.24, 2.45) is 11.8 Å². The quantitative estimate of drug-likeness (QED) is 0.874. The van der Waals surface area contributed by atoms with Crippen molar-refractivity contribution in [3.05, 3.63) is 24.3 Å². The van der Waals surface area contributed by atoms with E-state index in [-0.39, 0.29) is 10.6 Å². The van der Waals surface area contributed by atoms with E-state index in [1.165, 1.54) is 28.6 Å². The lowest BCUT2D eigenvalue weighted by Gasteiger charge is -2.16. The van der Waals surface area contributed by atoms with Gasteiger partial charge in [0.1, 0.15) is 5.75 Å². The molecule has 0 radical (unpaired) electrons. The lowest BCUT2D eigenvalue weighted by molar-refractivity contribution is 0.462. The molecule has 0 spiro atoms. The van der Waals surface area contributed by atoms with Crippen LogP contribution in [0.2, 0.25) is 0 Å². The molecule has 94 valence electrons. The van der Waals surface area contributed by atoms with Gasteiger partial charge in [-0.25, -0.2) is 8.42 Å². The molecule has 1 aromatic carbocycles. The van der Waals surface area contributed by atoms with E-state index in [0.717, 1.165) is 0 Å². The number of benzene rings is 1. The molecule has 1 fully saturated rings. The van der Waals surface area contributed by atoms with Crippen LogP contribution in [0.4, 0.5) is 0 Å². The predicted molar refractivity (Wildman–Crippen MR) is 65.2 cm³/mol. The normalized spacial score (nSPS) is 26.2. The molecule has 1 saturated heterocycles. The summed E-state index contributed by atoms with van der Waals surface area (Å²) in [6, 6.07) is 5.68. The number of sulfonamides is 1. The van der Waals surface area contributed by atoms with Gasteiger partial charge in [-0.2, -0.15) is 4.31 Å². The molecule has 0 bridgehead atoms. The zero-order valence-corrected chi connectivity index (χ0v) is 10.8. The third-order valence-electron chi connectivity index (χ3n) is 3.43. The standard InChI is InChI=1S/C12H17NO3S/c1-9-7-13(8-10(9)2)17(15,16)12-5-3-11(14)4-6-12/h3-6,9-10,14H,7-8H2,1-2H3. The summed E-state index contributed by atoms with van der Waals surface area (Å²) >= 11 is 0. The van der Waals surface area contributed by atoms with Crippen LogP contribution in [0.5, 0.6) is 5.75 Å². The zero-order chi connectivity index (χ0) is 12.6. The first-order valence-corrected chi connectivity index (χ1v) is 7.14.